The molecule has 2 aromatic heterocycles. The third kappa shape index (κ3) is 5.15. The van der Waals surface area contributed by atoms with Gasteiger partial charge in [-0.2, -0.15) is 5.10 Å². The van der Waals surface area contributed by atoms with Gasteiger partial charge in [-0.1, -0.05) is 42.5 Å². The molecule has 6 rings (SSSR count). The molecule has 2 atom stereocenters. The van der Waals surface area contributed by atoms with Gasteiger partial charge in [-0.05, 0) is 56.4 Å². The van der Waals surface area contributed by atoms with Gasteiger partial charge in [0, 0.05) is 30.2 Å². The normalized spacial score (nSPS) is 18.2. The molecule has 3 aromatic carbocycles. The molecule has 0 radical (unpaired) electrons. The van der Waals surface area contributed by atoms with Crippen LogP contribution in [0.4, 0.5) is 5.69 Å². The second kappa shape index (κ2) is 10.6. The van der Waals surface area contributed by atoms with E-state index >= 15 is 0 Å². The van der Waals surface area contributed by atoms with Crippen molar-refractivity contribution in [3.8, 4) is 11.5 Å². The van der Waals surface area contributed by atoms with Gasteiger partial charge in [0.05, 0.1) is 42.5 Å². The number of likely N-dealkylation sites (N-methyl/N-ethyl adjacent to an activating group) is 1. The summed E-state index contributed by atoms with van der Waals surface area (Å²) in [6.45, 7) is 5.85. The van der Waals surface area contributed by atoms with Crippen LogP contribution in [0.1, 0.15) is 18.1 Å². The highest BCUT2D eigenvalue weighted by atomic mass is 16.5. The predicted octanol–water partition coefficient (Wildman–Crippen LogP) is 4.98. The lowest BCUT2D eigenvalue weighted by molar-refractivity contribution is 0.00880. The zero-order valence-corrected chi connectivity index (χ0v) is 22.1. The van der Waals surface area contributed by atoms with Crippen LogP contribution in [-0.4, -0.2) is 71.0 Å². The number of nitrogens with one attached hydrogen (secondary N) is 2. The van der Waals surface area contributed by atoms with E-state index in [4.69, 9.17) is 14.5 Å². The van der Waals surface area contributed by atoms with Crippen molar-refractivity contribution in [1.29, 1.82) is 0 Å². The molecule has 2 N–H and O–H groups in total. The largest absolute Gasteiger partial charge is 0.373 e. The summed E-state index contributed by atoms with van der Waals surface area (Å²) in [4.78, 5) is 13.0. The number of morpholine rings is 1. The van der Waals surface area contributed by atoms with Crippen LogP contribution in [0.2, 0.25) is 0 Å². The standard InChI is InChI=1S/C30H34N6O2/c1-20-17-38-24(15-35(2)3)16-36(20)23-10-12-26-28(14-23)32-30(31-26)29-25-11-9-22(13-27(25)33-34-29)19-37-18-21-7-5-4-6-8-21/h4-14,20,24H,15-19H2,1-3H3,(H,31,32)(H,33,34). The van der Waals surface area contributed by atoms with Crippen molar-refractivity contribution < 1.29 is 9.47 Å². The fourth-order valence-corrected chi connectivity index (χ4v) is 5.18. The average Bonchev–Trinajstić information content (AvgIpc) is 3.53. The lowest BCUT2D eigenvalue weighted by Crippen LogP contribution is -2.51. The maximum absolute atomic E-state index is 6.06. The monoisotopic (exact) mass is 510 g/mol. The minimum absolute atomic E-state index is 0.193. The van der Waals surface area contributed by atoms with E-state index in [9.17, 15) is 0 Å². The Labute approximate surface area is 222 Å². The quantitative estimate of drug-likeness (QED) is 0.307. The Morgan fingerprint density at radius 1 is 1.00 bits per heavy atom. The molecule has 0 spiro atoms. The molecule has 5 aromatic rings. The van der Waals surface area contributed by atoms with E-state index in [1.807, 2.05) is 18.2 Å². The van der Waals surface area contributed by atoms with E-state index in [0.29, 0.717) is 19.3 Å². The van der Waals surface area contributed by atoms with Crippen molar-refractivity contribution >= 4 is 27.6 Å². The number of fused-ring (bicyclic) bond motifs is 2. The van der Waals surface area contributed by atoms with Gasteiger partial charge in [0.1, 0.15) is 5.69 Å². The SMILES string of the molecule is CC1COC(CN(C)C)CN1c1ccc2nc(-c3n[nH]c4cc(COCc5ccccc5)ccc34)[nH]c2c1. The fourth-order valence-electron chi connectivity index (χ4n) is 5.18. The Morgan fingerprint density at radius 2 is 1.84 bits per heavy atom. The van der Waals surface area contributed by atoms with Gasteiger partial charge < -0.3 is 24.3 Å². The van der Waals surface area contributed by atoms with E-state index in [0.717, 1.165) is 58.7 Å². The number of anilines is 1. The number of nitrogens with zero attached hydrogens (tertiary/aromatic N) is 4. The predicted molar refractivity (Wildman–Crippen MR) is 151 cm³/mol. The molecular formula is C30H34N6O2. The summed E-state index contributed by atoms with van der Waals surface area (Å²) in [5, 5.41) is 8.81. The summed E-state index contributed by atoms with van der Waals surface area (Å²) in [5.41, 5.74) is 7.17. The summed E-state index contributed by atoms with van der Waals surface area (Å²) in [6, 6.07) is 23.3. The third-order valence-corrected chi connectivity index (χ3v) is 7.10. The number of hydrogen-bond acceptors (Lipinski definition) is 6. The van der Waals surface area contributed by atoms with Crippen LogP contribution in [0.3, 0.4) is 0 Å². The first kappa shape index (κ1) is 24.6. The van der Waals surface area contributed by atoms with E-state index in [-0.39, 0.29) is 6.10 Å². The zero-order chi connectivity index (χ0) is 26.1. The van der Waals surface area contributed by atoms with Crippen LogP contribution in [0.15, 0.2) is 66.7 Å². The van der Waals surface area contributed by atoms with Crippen LogP contribution in [0.5, 0.6) is 0 Å². The van der Waals surface area contributed by atoms with Gasteiger partial charge in [-0.25, -0.2) is 4.98 Å². The summed E-state index contributed by atoms with van der Waals surface area (Å²) in [7, 11) is 4.17. The summed E-state index contributed by atoms with van der Waals surface area (Å²) in [6.07, 6.45) is 0.193. The number of imidazole rings is 1. The van der Waals surface area contributed by atoms with Crippen LogP contribution in [0.25, 0.3) is 33.5 Å². The average molecular weight is 511 g/mol. The van der Waals surface area contributed by atoms with Crippen LogP contribution >= 0.6 is 0 Å². The number of ether oxygens (including phenoxy) is 2. The Bertz CT molecular complexity index is 1530. The first-order valence-corrected chi connectivity index (χ1v) is 13.2. The third-order valence-electron chi connectivity index (χ3n) is 7.10. The van der Waals surface area contributed by atoms with Crippen LogP contribution in [0, 0.1) is 0 Å². The number of benzene rings is 3. The minimum atomic E-state index is 0.193. The van der Waals surface area contributed by atoms with Crippen molar-refractivity contribution in [2.24, 2.45) is 0 Å². The highest BCUT2D eigenvalue weighted by molar-refractivity contribution is 5.93. The second-order valence-corrected chi connectivity index (χ2v) is 10.4. The van der Waals surface area contributed by atoms with E-state index in [1.54, 1.807) is 0 Å². The van der Waals surface area contributed by atoms with Crippen molar-refractivity contribution in [2.45, 2.75) is 32.3 Å². The molecule has 0 bridgehead atoms. The number of hydrogen-bond donors (Lipinski definition) is 2. The van der Waals surface area contributed by atoms with Crippen molar-refractivity contribution in [2.75, 3.05) is 38.7 Å². The lowest BCUT2D eigenvalue weighted by Gasteiger charge is -2.40. The van der Waals surface area contributed by atoms with Crippen LogP contribution < -0.4 is 4.90 Å². The summed E-state index contributed by atoms with van der Waals surface area (Å²) < 4.78 is 12.0. The molecule has 1 aliphatic rings. The smallest absolute Gasteiger partial charge is 0.159 e. The molecule has 196 valence electrons. The van der Waals surface area contributed by atoms with Gasteiger partial charge in [-0.3, -0.25) is 5.10 Å². The molecule has 0 saturated carbocycles. The number of rotatable bonds is 8. The molecule has 1 aliphatic heterocycles. The molecule has 1 saturated heterocycles. The molecule has 1 fully saturated rings. The molecule has 8 nitrogen and oxygen atoms in total. The minimum Gasteiger partial charge on any atom is -0.373 e. The Hall–Kier alpha value is -3.72. The van der Waals surface area contributed by atoms with E-state index < -0.39 is 0 Å². The van der Waals surface area contributed by atoms with Gasteiger partial charge in [0.2, 0.25) is 0 Å². The highest BCUT2D eigenvalue weighted by Crippen LogP contribution is 2.30. The van der Waals surface area contributed by atoms with Crippen molar-refractivity contribution in [1.82, 2.24) is 25.1 Å². The molecule has 8 heteroatoms. The van der Waals surface area contributed by atoms with Gasteiger partial charge in [0.25, 0.3) is 0 Å². The first-order chi connectivity index (χ1) is 18.5. The molecule has 3 heterocycles. The van der Waals surface area contributed by atoms with Crippen molar-refractivity contribution in [3.63, 3.8) is 0 Å². The molecule has 2 unspecified atom stereocenters. The Balaban J connectivity index is 1.20. The first-order valence-electron chi connectivity index (χ1n) is 13.2. The molecule has 38 heavy (non-hydrogen) atoms. The maximum atomic E-state index is 6.06. The van der Waals surface area contributed by atoms with Crippen molar-refractivity contribution in [3.05, 3.63) is 77.9 Å². The molecular weight excluding hydrogens is 476 g/mol. The van der Waals surface area contributed by atoms with Gasteiger partial charge in [-0.15, -0.1) is 0 Å². The number of aromatic nitrogens is 4. The summed E-state index contributed by atoms with van der Waals surface area (Å²) >= 11 is 0. The number of H-pyrrole nitrogens is 2. The second-order valence-electron chi connectivity index (χ2n) is 10.4. The maximum Gasteiger partial charge on any atom is 0.159 e. The summed E-state index contributed by atoms with van der Waals surface area (Å²) in [5.74, 6) is 0.761. The molecule has 0 aliphatic carbocycles. The van der Waals surface area contributed by atoms with E-state index in [1.165, 1.54) is 11.3 Å². The van der Waals surface area contributed by atoms with E-state index in [2.05, 4.69) is 94.5 Å². The number of aromatic amines is 2. The Kier molecular flexibility index (Phi) is 6.84. The lowest BCUT2D eigenvalue weighted by atomic mass is 10.1. The Morgan fingerprint density at radius 3 is 2.68 bits per heavy atom. The molecule has 0 amide bonds. The zero-order valence-electron chi connectivity index (χ0n) is 22.1. The fraction of sp³-hybridized carbons (Fsp3) is 0.333. The van der Waals surface area contributed by atoms with Gasteiger partial charge in [0.15, 0.2) is 5.82 Å². The topological polar surface area (TPSA) is 82.3 Å². The highest BCUT2D eigenvalue weighted by Gasteiger charge is 2.27. The van der Waals surface area contributed by atoms with Gasteiger partial charge >= 0.3 is 0 Å². The van der Waals surface area contributed by atoms with Crippen LogP contribution in [-0.2, 0) is 22.7 Å².